The van der Waals surface area contributed by atoms with Gasteiger partial charge in [-0.05, 0) is 29.6 Å². The van der Waals surface area contributed by atoms with E-state index in [1.54, 1.807) is 11.3 Å². The molecule has 2 N–H and O–H groups in total. The fraction of sp³-hybridized carbons (Fsp3) is 0.0588. The van der Waals surface area contributed by atoms with Gasteiger partial charge in [0.15, 0.2) is 5.82 Å². The fourth-order valence-electron chi connectivity index (χ4n) is 2.28. The van der Waals surface area contributed by atoms with E-state index in [2.05, 4.69) is 20.5 Å². The minimum atomic E-state index is 0.527. The highest BCUT2D eigenvalue weighted by Crippen LogP contribution is 2.23. The predicted molar refractivity (Wildman–Crippen MR) is 92.3 cm³/mol. The number of hydrogen-bond acceptors (Lipinski definition) is 5. The average Bonchev–Trinajstić information content (AvgIpc) is 3.24. The number of hydrogen-bond donors (Lipinski definition) is 2. The lowest BCUT2D eigenvalue weighted by molar-refractivity contribution is 0.298. The quantitative estimate of drug-likeness (QED) is 0.573. The summed E-state index contributed by atoms with van der Waals surface area (Å²) in [5.74, 6) is 2.04. The zero-order valence-electron chi connectivity index (χ0n) is 12.2. The first kappa shape index (κ1) is 13.8. The number of rotatable bonds is 5. The lowest BCUT2D eigenvalue weighted by Gasteiger charge is -2.07. The molecule has 23 heavy (non-hydrogen) atoms. The van der Waals surface area contributed by atoms with Crippen LogP contribution in [0.4, 0.5) is 11.6 Å². The first-order valence-corrected chi connectivity index (χ1v) is 8.09. The van der Waals surface area contributed by atoms with Gasteiger partial charge in [-0.2, -0.15) is 10.1 Å². The van der Waals surface area contributed by atoms with E-state index >= 15 is 0 Å². The van der Waals surface area contributed by atoms with Crippen LogP contribution in [0, 0.1) is 0 Å². The van der Waals surface area contributed by atoms with Gasteiger partial charge in [-0.25, -0.2) is 0 Å². The van der Waals surface area contributed by atoms with Crippen LogP contribution in [-0.2, 0) is 6.61 Å². The molecule has 1 aromatic carbocycles. The molecule has 3 aromatic heterocycles. The van der Waals surface area contributed by atoms with Crippen molar-refractivity contribution in [2.24, 2.45) is 0 Å². The Morgan fingerprint density at radius 1 is 1.04 bits per heavy atom. The molecule has 0 radical (unpaired) electrons. The van der Waals surface area contributed by atoms with Crippen molar-refractivity contribution in [3.8, 4) is 5.88 Å². The summed E-state index contributed by atoms with van der Waals surface area (Å²) in [6.45, 7) is 0.527. The Bertz CT molecular complexity index is 917. The number of thiophene rings is 1. The van der Waals surface area contributed by atoms with Crippen molar-refractivity contribution in [3.05, 3.63) is 64.9 Å². The second kappa shape index (κ2) is 6.10. The summed E-state index contributed by atoms with van der Waals surface area (Å²) >= 11 is 1.67. The highest BCUT2D eigenvalue weighted by molar-refractivity contribution is 7.09. The molecule has 0 aliphatic carbocycles. The zero-order valence-corrected chi connectivity index (χ0v) is 13.0. The van der Waals surface area contributed by atoms with E-state index in [1.807, 2.05) is 60.0 Å². The van der Waals surface area contributed by atoms with Gasteiger partial charge in [-0.3, -0.25) is 5.10 Å². The average molecular weight is 322 g/mol. The predicted octanol–water partition coefficient (Wildman–Crippen LogP) is 4.34. The lowest BCUT2D eigenvalue weighted by atomic mass is 10.2. The van der Waals surface area contributed by atoms with Crippen molar-refractivity contribution < 1.29 is 4.74 Å². The van der Waals surface area contributed by atoms with Gasteiger partial charge in [0, 0.05) is 16.3 Å². The first-order chi connectivity index (χ1) is 11.4. The summed E-state index contributed by atoms with van der Waals surface area (Å²) in [6, 6.07) is 17.7. The van der Waals surface area contributed by atoms with Crippen molar-refractivity contribution in [2.75, 3.05) is 5.32 Å². The van der Waals surface area contributed by atoms with Crippen LogP contribution in [0.15, 0.2) is 60.0 Å². The number of pyridine rings is 1. The molecule has 114 valence electrons. The van der Waals surface area contributed by atoms with Gasteiger partial charge in [-0.1, -0.05) is 24.3 Å². The van der Waals surface area contributed by atoms with E-state index in [0.29, 0.717) is 18.3 Å². The minimum Gasteiger partial charge on any atom is -0.472 e. The maximum absolute atomic E-state index is 5.73. The number of para-hydroxylation sites is 1. The van der Waals surface area contributed by atoms with Crippen LogP contribution in [0.5, 0.6) is 5.88 Å². The number of nitrogens with one attached hydrogen (secondary N) is 2. The van der Waals surface area contributed by atoms with Gasteiger partial charge in [0.05, 0.1) is 5.52 Å². The van der Waals surface area contributed by atoms with Crippen LogP contribution in [0.25, 0.3) is 10.9 Å². The Morgan fingerprint density at radius 3 is 2.91 bits per heavy atom. The summed E-state index contributed by atoms with van der Waals surface area (Å²) in [5, 5.41) is 13.6. The largest absolute Gasteiger partial charge is 0.472 e. The van der Waals surface area contributed by atoms with Crippen molar-refractivity contribution in [1.29, 1.82) is 0 Å². The summed E-state index contributed by atoms with van der Waals surface area (Å²) < 4.78 is 5.73. The second-order valence-corrected chi connectivity index (χ2v) is 6.00. The first-order valence-electron chi connectivity index (χ1n) is 7.21. The zero-order chi connectivity index (χ0) is 15.5. The van der Waals surface area contributed by atoms with Gasteiger partial charge >= 0.3 is 0 Å². The van der Waals surface area contributed by atoms with Crippen LogP contribution in [0.1, 0.15) is 4.88 Å². The molecule has 0 amide bonds. The Kier molecular flexibility index (Phi) is 3.65. The Labute approximate surface area is 137 Å². The van der Waals surface area contributed by atoms with Crippen LogP contribution < -0.4 is 10.1 Å². The molecule has 0 fully saturated rings. The summed E-state index contributed by atoms with van der Waals surface area (Å²) in [6.07, 6.45) is 0. The van der Waals surface area contributed by atoms with Gasteiger partial charge < -0.3 is 10.1 Å². The molecular formula is C17H14N4OS. The normalized spacial score (nSPS) is 10.8. The molecule has 6 heteroatoms. The molecule has 0 spiro atoms. The molecule has 5 nitrogen and oxygen atoms in total. The third kappa shape index (κ3) is 3.02. The summed E-state index contributed by atoms with van der Waals surface area (Å²) in [7, 11) is 0. The number of fused-ring (bicyclic) bond motifs is 1. The topological polar surface area (TPSA) is 62.8 Å². The molecule has 4 rings (SSSR count). The van der Waals surface area contributed by atoms with E-state index in [9.17, 15) is 0 Å². The van der Waals surface area contributed by atoms with E-state index in [4.69, 9.17) is 4.74 Å². The lowest BCUT2D eigenvalue weighted by Crippen LogP contribution is -1.99. The number of anilines is 2. The number of benzene rings is 1. The number of aromatic nitrogens is 3. The van der Waals surface area contributed by atoms with Crippen molar-refractivity contribution in [2.45, 2.75) is 6.61 Å². The van der Waals surface area contributed by atoms with E-state index in [-0.39, 0.29) is 0 Å². The van der Waals surface area contributed by atoms with E-state index in [0.717, 1.165) is 16.7 Å². The van der Waals surface area contributed by atoms with Crippen molar-refractivity contribution >= 4 is 33.9 Å². The molecule has 0 unspecified atom stereocenters. The van der Waals surface area contributed by atoms with Crippen molar-refractivity contribution in [1.82, 2.24) is 15.2 Å². The minimum absolute atomic E-state index is 0.527. The van der Waals surface area contributed by atoms with Gasteiger partial charge in [-0.15, -0.1) is 11.3 Å². The monoisotopic (exact) mass is 322 g/mol. The molecule has 0 atom stereocenters. The van der Waals surface area contributed by atoms with Crippen LogP contribution in [0.3, 0.4) is 0 Å². The third-order valence-corrected chi connectivity index (χ3v) is 4.23. The van der Waals surface area contributed by atoms with Gasteiger partial charge in [0.25, 0.3) is 0 Å². The smallest absolute Gasteiger partial charge is 0.215 e. The molecule has 3 heterocycles. The maximum Gasteiger partial charge on any atom is 0.215 e. The number of ether oxygens (including phenoxy) is 1. The molecule has 0 bridgehead atoms. The molecular weight excluding hydrogens is 308 g/mol. The maximum atomic E-state index is 5.73. The Hall–Kier alpha value is -2.86. The molecule has 0 aliphatic rings. The molecule has 4 aromatic rings. The summed E-state index contributed by atoms with van der Waals surface area (Å²) in [4.78, 5) is 5.64. The number of aromatic amines is 1. The summed E-state index contributed by atoms with van der Waals surface area (Å²) in [5.41, 5.74) is 0.986. The highest BCUT2D eigenvalue weighted by Gasteiger charge is 2.06. The van der Waals surface area contributed by atoms with E-state index < -0.39 is 0 Å². The highest BCUT2D eigenvalue weighted by atomic mass is 32.1. The Balaban J connectivity index is 1.52. The van der Waals surface area contributed by atoms with Crippen LogP contribution in [0.2, 0.25) is 0 Å². The van der Waals surface area contributed by atoms with Crippen LogP contribution in [-0.4, -0.2) is 15.2 Å². The van der Waals surface area contributed by atoms with Crippen molar-refractivity contribution in [3.63, 3.8) is 0 Å². The molecule has 0 aliphatic heterocycles. The van der Waals surface area contributed by atoms with Gasteiger partial charge in [0.2, 0.25) is 5.88 Å². The third-order valence-electron chi connectivity index (χ3n) is 3.38. The standard InChI is InChI=1S/C17H14N4OS/c1-2-7-14-13(6-1)17(21-20-14)19-15-8-3-9-16(18-15)22-11-12-5-4-10-23-12/h1-10H,11H2,(H2,18,19,20,21). The fourth-order valence-corrected chi connectivity index (χ4v) is 2.90. The number of H-pyrrole nitrogens is 1. The van der Waals surface area contributed by atoms with Gasteiger partial charge in [0.1, 0.15) is 12.4 Å². The Morgan fingerprint density at radius 2 is 2.00 bits per heavy atom. The van der Waals surface area contributed by atoms with E-state index in [1.165, 1.54) is 4.88 Å². The van der Waals surface area contributed by atoms with Crippen LogP contribution >= 0.6 is 11.3 Å². The second-order valence-electron chi connectivity index (χ2n) is 4.97. The molecule has 0 saturated carbocycles. The SMILES string of the molecule is c1cc(Nc2n[nH]c3ccccc23)nc(OCc2cccs2)c1. The number of nitrogens with zero attached hydrogens (tertiary/aromatic N) is 2. The molecule has 0 saturated heterocycles.